The first-order valence-corrected chi connectivity index (χ1v) is 5.10. The number of H-pyrrole nitrogens is 1. The highest BCUT2D eigenvalue weighted by Crippen LogP contribution is 2.11. The maximum absolute atomic E-state index is 11.8. The fourth-order valence-corrected chi connectivity index (χ4v) is 1.49. The van der Waals surface area contributed by atoms with Crippen LogP contribution in [0.1, 0.15) is 21.6 Å². The number of aromatic amines is 1. The predicted molar refractivity (Wildman–Crippen MR) is 61.2 cm³/mol. The highest BCUT2D eigenvalue weighted by atomic mass is 16.1. The Morgan fingerprint density at radius 1 is 1.47 bits per heavy atom. The van der Waals surface area contributed by atoms with E-state index in [1.54, 1.807) is 0 Å². The normalized spacial score (nSPS) is 10.7. The van der Waals surface area contributed by atoms with E-state index in [2.05, 4.69) is 10.3 Å². The van der Waals surface area contributed by atoms with E-state index in [1.165, 1.54) is 0 Å². The third kappa shape index (κ3) is 3.09. The zero-order valence-corrected chi connectivity index (χ0v) is 9.85. The number of aryl methyl sites for hydroxylation is 2. The molecule has 0 aliphatic heterocycles. The summed E-state index contributed by atoms with van der Waals surface area (Å²) < 4.78 is 0. The minimum atomic E-state index is 0.00750. The lowest BCUT2D eigenvalue weighted by molar-refractivity contribution is 0.0950. The van der Waals surface area contributed by atoms with E-state index in [4.69, 9.17) is 0 Å². The van der Waals surface area contributed by atoms with Crippen LogP contribution in [0.2, 0.25) is 0 Å². The van der Waals surface area contributed by atoms with Gasteiger partial charge in [-0.1, -0.05) is 0 Å². The molecular formula is C11H19N3O. The Morgan fingerprint density at radius 3 is 2.60 bits per heavy atom. The molecule has 0 radical (unpaired) electrons. The van der Waals surface area contributed by atoms with Crippen LogP contribution in [0, 0.1) is 13.8 Å². The van der Waals surface area contributed by atoms with Crippen LogP contribution in [0.25, 0.3) is 0 Å². The van der Waals surface area contributed by atoms with Gasteiger partial charge in [0.1, 0.15) is 0 Å². The second kappa shape index (κ2) is 4.98. The molecule has 0 saturated carbocycles. The van der Waals surface area contributed by atoms with E-state index in [0.717, 1.165) is 23.4 Å². The number of nitrogens with one attached hydrogen (secondary N) is 2. The summed E-state index contributed by atoms with van der Waals surface area (Å²) in [4.78, 5) is 16.9. The highest BCUT2D eigenvalue weighted by Gasteiger charge is 2.12. The standard InChI is InChI=1S/C11H19N3O/c1-8-7-13-9(2)10(8)11(15)12-5-6-14(3)4/h7,13H,5-6H2,1-4H3,(H,12,15). The van der Waals surface area contributed by atoms with Crippen LogP contribution in [0.3, 0.4) is 0 Å². The van der Waals surface area contributed by atoms with Gasteiger partial charge in [-0.3, -0.25) is 4.79 Å². The molecule has 0 aliphatic rings. The molecule has 0 unspecified atom stereocenters. The number of hydrogen-bond acceptors (Lipinski definition) is 2. The summed E-state index contributed by atoms with van der Waals surface area (Å²) in [5, 5.41) is 2.90. The molecule has 0 atom stereocenters. The number of rotatable bonds is 4. The fourth-order valence-electron chi connectivity index (χ4n) is 1.49. The van der Waals surface area contributed by atoms with Gasteiger partial charge in [0.2, 0.25) is 0 Å². The Kier molecular flexibility index (Phi) is 3.91. The lowest BCUT2D eigenvalue weighted by Crippen LogP contribution is -2.31. The molecule has 1 amide bonds. The number of likely N-dealkylation sites (N-methyl/N-ethyl adjacent to an activating group) is 1. The van der Waals surface area contributed by atoms with E-state index in [0.29, 0.717) is 6.54 Å². The molecule has 0 aromatic carbocycles. The van der Waals surface area contributed by atoms with Crippen molar-refractivity contribution < 1.29 is 4.79 Å². The summed E-state index contributed by atoms with van der Waals surface area (Å²) in [7, 11) is 3.97. The lowest BCUT2D eigenvalue weighted by atomic mass is 10.1. The first-order chi connectivity index (χ1) is 7.02. The second-order valence-electron chi connectivity index (χ2n) is 4.03. The van der Waals surface area contributed by atoms with Crippen molar-refractivity contribution in [3.8, 4) is 0 Å². The SMILES string of the molecule is Cc1c[nH]c(C)c1C(=O)NCCN(C)C. The lowest BCUT2D eigenvalue weighted by Gasteiger charge is -2.10. The van der Waals surface area contributed by atoms with Crippen LogP contribution >= 0.6 is 0 Å². The predicted octanol–water partition coefficient (Wildman–Crippen LogP) is 0.923. The van der Waals surface area contributed by atoms with Crippen molar-refractivity contribution in [1.82, 2.24) is 15.2 Å². The van der Waals surface area contributed by atoms with Crippen LogP contribution in [-0.4, -0.2) is 43.0 Å². The summed E-state index contributed by atoms with van der Waals surface area (Å²) in [6, 6.07) is 0. The van der Waals surface area contributed by atoms with Gasteiger partial charge >= 0.3 is 0 Å². The molecule has 4 nitrogen and oxygen atoms in total. The molecule has 15 heavy (non-hydrogen) atoms. The summed E-state index contributed by atoms with van der Waals surface area (Å²) >= 11 is 0. The molecule has 2 N–H and O–H groups in total. The van der Waals surface area contributed by atoms with Gasteiger partial charge in [-0.15, -0.1) is 0 Å². The maximum Gasteiger partial charge on any atom is 0.253 e. The van der Waals surface area contributed by atoms with E-state index in [9.17, 15) is 4.79 Å². The first kappa shape index (κ1) is 11.8. The monoisotopic (exact) mass is 209 g/mol. The molecule has 1 rings (SSSR count). The molecule has 4 heteroatoms. The number of amides is 1. The molecule has 1 aromatic heterocycles. The van der Waals surface area contributed by atoms with Gasteiger partial charge in [0, 0.05) is 25.0 Å². The number of nitrogens with zero attached hydrogens (tertiary/aromatic N) is 1. The number of carbonyl (C=O) groups is 1. The van der Waals surface area contributed by atoms with Gasteiger partial charge in [-0.05, 0) is 33.5 Å². The van der Waals surface area contributed by atoms with Gasteiger partial charge in [-0.25, -0.2) is 0 Å². The van der Waals surface area contributed by atoms with E-state index in [-0.39, 0.29) is 5.91 Å². The quantitative estimate of drug-likeness (QED) is 0.774. The zero-order valence-electron chi connectivity index (χ0n) is 9.85. The zero-order chi connectivity index (χ0) is 11.4. The van der Waals surface area contributed by atoms with Crippen LogP contribution in [0.4, 0.5) is 0 Å². The van der Waals surface area contributed by atoms with Crippen molar-refractivity contribution in [1.29, 1.82) is 0 Å². The number of carbonyl (C=O) groups excluding carboxylic acids is 1. The summed E-state index contributed by atoms with van der Waals surface area (Å²) in [6.45, 7) is 5.38. The first-order valence-electron chi connectivity index (χ1n) is 5.10. The average Bonchev–Trinajstić information content (AvgIpc) is 2.45. The smallest absolute Gasteiger partial charge is 0.253 e. The van der Waals surface area contributed by atoms with Crippen molar-refractivity contribution in [2.24, 2.45) is 0 Å². The molecule has 1 aromatic rings. The van der Waals surface area contributed by atoms with Gasteiger partial charge in [0.15, 0.2) is 0 Å². The summed E-state index contributed by atoms with van der Waals surface area (Å²) in [6.07, 6.45) is 1.86. The third-order valence-corrected chi connectivity index (χ3v) is 2.35. The van der Waals surface area contributed by atoms with Crippen molar-refractivity contribution in [3.05, 3.63) is 23.0 Å². The maximum atomic E-state index is 11.8. The minimum absolute atomic E-state index is 0.00750. The Morgan fingerprint density at radius 2 is 2.13 bits per heavy atom. The molecule has 0 bridgehead atoms. The highest BCUT2D eigenvalue weighted by molar-refractivity contribution is 5.96. The minimum Gasteiger partial charge on any atom is -0.364 e. The third-order valence-electron chi connectivity index (χ3n) is 2.35. The van der Waals surface area contributed by atoms with Crippen LogP contribution < -0.4 is 5.32 Å². The topological polar surface area (TPSA) is 48.1 Å². The van der Waals surface area contributed by atoms with Gasteiger partial charge in [0.25, 0.3) is 5.91 Å². The Bertz CT molecular complexity index is 322. The Labute approximate surface area is 90.7 Å². The summed E-state index contributed by atoms with van der Waals surface area (Å²) in [5.41, 5.74) is 2.69. The number of hydrogen-bond donors (Lipinski definition) is 2. The average molecular weight is 209 g/mol. The van der Waals surface area contributed by atoms with E-state index < -0.39 is 0 Å². The molecule has 0 aliphatic carbocycles. The van der Waals surface area contributed by atoms with Crippen molar-refractivity contribution in [3.63, 3.8) is 0 Å². The molecular weight excluding hydrogens is 190 g/mol. The van der Waals surface area contributed by atoms with Crippen LogP contribution in [0.5, 0.6) is 0 Å². The molecule has 84 valence electrons. The van der Waals surface area contributed by atoms with E-state index in [1.807, 2.05) is 39.0 Å². The largest absolute Gasteiger partial charge is 0.364 e. The summed E-state index contributed by atoms with van der Waals surface area (Å²) in [5.74, 6) is 0.00750. The van der Waals surface area contributed by atoms with E-state index >= 15 is 0 Å². The second-order valence-corrected chi connectivity index (χ2v) is 4.03. The van der Waals surface area contributed by atoms with Crippen molar-refractivity contribution in [2.45, 2.75) is 13.8 Å². The molecule has 1 heterocycles. The van der Waals surface area contributed by atoms with Gasteiger partial charge < -0.3 is 15.2 Å². The molecule has 0 fully saturated rings. The van der Waals surface area contributed by atoms with Crippen molar-refractivity contribution in [2.75, 3.05) is 27.2 Å². The van der Waals surface area contributed by atoms with Gasteiger partial charge in [-0.2, -0.15) is 0 Å². The Hall–Kier alpha value is -1.29. The van der Waals surface area contributed by atoms with Crippen LogP contribution in [0.15, 0.2) is 6.20 Å². The Balaban J connectivity index is 2.54. The molecule has 0 spiro atoms. The van der Waals surface area contributed by atoms with Gasteiger partial charge in [0.05, 0.1) is 5.56 Å². The van der Waals surface area contributed by atoms with Crippen molar-refractivity contribution >= 4 is 5.91 Å². The van der Waals surface area contributed by atoms with Crippen LogP contribution in [-0.2, 0) is 0 Å². The number of aromatic nitrogens is 1. The fraction of sp³-hybridized carbons (Fsp3) is 0.545. The molecule has 0 saturated heterocycles.